The van der Waals surface area contributed by atoms with E-state index in [-0.39, 0.29) is 23.9 Å². The molecule has 0 amide bonds. The Morgan fingerprint density at radius 2 is 1.51 bits per heavy atom. The van der Waals surface area contributed by atoms with Crippen LogP contribution in [0, 0.1) is 19.3 Å². The molecule has 0 saturated heterocycles. The summed E-state index contributed by atoms with van der Waals surface area (Å²) in [6, 6.07) is 21.7. The van der Waals surface area contributed by atoms with Crippen LogP contribution in [0.3, 0.4) is 0 Å². The van der Waals surface area contributed by atoms with Gasteiger partial charge in [0.15, 0.2) is 0 Å². The molecule has 0 aliphatic rings. The first-order valence-electron chi connectivity index (χ1n) is 13.7. The maximum absolute atomic E-state index is 11.2. The molecule has 3 aromatic carbocycles. The van der Waals surface area contributed by atoms with E-state index in [1.807, 2.05) is 18.2 Å². The zero-order chi connectivity index (χ0) is 27.2. The average Bonchev–Trinajstić information content (AvgIpc) is 2.86. The minimum Gasteiger partial charge on any atom is -0.481 e. The molecule has 3 nitrogen and oxygen atoms in total. The summed E-state index contributed by atoms with van der Waals surface area (Å²) in [6.45, 7) is 13.4. The predicted octanol–water partition coefficient (Wildman–Crippen LogP) is 8.04. The van der Waals surface area contributed by atoms with E-state index in [4.69, 9.17) is 0 Å². The number of aliphatic hydroxyl groups is 1. The monoisotopic (exact) mass is 500 g/mol. The van der Waals surface area contributed by atoms with Crippen molar-refractivity contribution in [2.75, 3.05) is 6.61 Å². The van der Waals surface area contributed by atoms with Crippen molar-refractivity contribution in [3.63, 3.8) is 0 Å². The van der Waals surface area contributed by atoms with Gasteiger partial charge in [-0.3, -0.25) is 4.79 Å². The van der Waals surface area contributed by atoms with Crippen LogP contribution in [0.25, 0.3) is 11.1 Å². The van der Waals surface area contributed by atoms with Gasteiger partial charge in [-0.05, 0) is 95.9 Å². The molecule has 0 aromatic heterocycles. The van der Waals surface area contributed by atoms with E-state index < -0.39 is 5.97 Å². The molecule has 3 aromatic rings. The standard InChI is InChI=1S/C34H44O3/c1-7-34(8-2,29-15-14-27(24(3)19-29)13-10-18-33(5,6)23-35)30-16-17-31(25(4)20-30)28-12-9-11-26(21-28)22-32(36)37/h9,11-12,14-17,19-21,35H,7-8,10,13,18,22-23H2,1-6H3,(H,36,37). The lowest BCUT2D eigenvalue weighted by Crippen LogP contribution is -2.26. The van der Waals surface area contributed by atoms with Crippen LogP contribution in [0.5, 0.6) is 0 Å². The Morgan fingerprint density at radius 3 is 2.08 bits per heavy atom. The first-order valence-corrected chi connectivity index (χ1v) is 13.7. The number of aliphatic carboxylic acids is 1. The molecular formula is C34H44O3. The summed E-state index contributed by atoms with van der Waals surface area (Å²) in [5.74, 6) is -0.810. The van der Waals surface area contributed by atoms with Gasteiger partial charge in [0.1, 0.15) is 0 Å². The number of aryl methyl sites for hydroxylation is 3. The Morgan fingerprint density at radius 1 is 0.865 bits per heavy atom. The first kappa shape index (κ1) is 28.7. The van der Waals surface area contributed by atoms with Crippen LogP contribution in [-0.4, -0.2) is 22.8 Å². The minimum absolute atomic E-state index is 0.0188. The van der Waals surface area contributed by atoms with Crippen LogP contribution in [0.1, 0.15) is 86.8 Å². The van der Waals surface area contributed by atoms with Gasteiger partial charge >= 0.3 is 5.97 Å². The highest BCUT2D eigenvalue weighted by Crippen LogP contribution is 2.41. The molecule has 3 heteroatoms. The predicted molar refractivity (Wildman–Crippen MR) is 154 cm³/mol. The van der Waals surface area contributed by atoms with Crippen LogP contribution in [-0.2, 0) is 23.1 Å². The molecule has 198 valence electrons. The molecule has 37 heavy (non-hydrogen) atoms. The smallest absolute Gasteiger partial charge is 0.307 e. The third-order valence-electron chi connectivity index (χ3n) is 8.20. The van der Waals surface area contributed by atoms with E-state index >= 15 is 0 Å². The third-order valence-corrected chi connectivity index (χ3v) is 8.20. The van der Waals surface area contributed by atoms with Crippen LogP contribution < -0.4 is 0 Å². The second kappa shape index (κ2) is 12.1. The molecule has 0 radical (unpaired) electrons. The van der Waals surface area contributed by atoms with Gasteiger partial charge in [0.2, 0.25) is 0 Å². The topological polar surface area (TPSA) is 57.5 Å². The van der Waals surface area contributed by atoms with Gasteiger partial charge in [0, 0.05) is 12.0 Å². The summed E-state index contributed by atoms with van der Waals surface area (Å²) in [7, 11) is 0. The van der Waals surface area contributed by atoms with E-state index in [0.29, 0.717) is 0 Å². The Balaban J connectivity index is 1.91. The summed E-state index contributed by atoms with van der Waals surface area (Å²) < 4.78 is 0. The second-order valence-electron chi connectivity index (χ2n) is 11.4. The zero-order valence-corrected chi connectivity index (χ0v) is 23.5. The second-order valence-corrected chi connectivity index (χ2v) is 11.4. The molecule has 0 aliphatic carbocycles. The van der Waals surface area contributed by atoms with Crippen molar-refractivity contribution in [2.24, 2.45) is 5.41 Å². The normalized spacial score (nSPS) is 12.1. The molecule has 0 atom stereocenters. The van der Waals surface area contributed by atoms with Gasteiger partial charge in [-0.25, -0.2) is 0 Å². The Labute approximate surface area is 223 Å². The maximum Gasteiger partial charge on any atom is 0.307 e. The summed E-state index contributed by atoms with van der Waals surface area (Å²) in [5.41, 5.74) is 9.59. The van der Waals surface area contributed by atoms with Gasteiger partial charge < -0.3 is 10.2 Å². The van der Waals surface area contributed by atoms with Crippen molar-refractivity contribution in [1.29, 1.82) is 0 Å². The number of hydrogen-bond acceptors (Lipinski definition) is 2. The van der Waals surface area contributed by atoms with Crippen molar-refractivity contribution in [3.05, 3.63) is 94.0 Å². The van der Waals surface area contributed by atoms with E-state index in [1.165, 1.54) is 27.8 Å². The SMILES string of the molecule is CCC(CC)(c1ccc(CCCC(C)(C)CO)c(C)c1)c1ccc(-c2cccc(CC(=O)O)c2)c(C)c1. The summed E-state index contributed by atoms with van der Waals surface area (Å²) >= 11 is 0. The zero-order valence-electron chi connectivity index (χ0n) is 23.5. The highest BCUT2D eigenvalue weighted by atomic mass is 16.4. The van der Waals surface area contributed by atoms with Crippen molar-refractivity contribution in [3.8, 4) is 11.1 Å². The van der Waals surface area contributed by atoms with Crippen LogP contribution in [0.2, 0.25) is 0 Å². The lowest BCUT2D eigenvalue weighted by Gasteiger charge is -2.34. The van der Waals surface area contributed by atoms with Gasteiger partial charge in [-0.15, -0.1) is 0 Å². The Hall–Kier alpha value is -2.91. The Bertz CT molecular complexity index is 1220. The largest absolute Gasteiger partial charge is 0.481 e. The number of aliphatic hydroxyl groups excluding tert-OH is 1. The number of carbonyl (C=O) groups is 1. The fourth-order valence-electron chi connectivity index (χ4n) is 5.65. The summed E-state index contributed by atoms with van der Waals surface area (Å²) in [6.07, 6.45) is 5.20. The van der Waals surface area contributed by atoms with E-state index in [9.17, 15) is 15.0 Å². The summed E-state index contributed by atoms with van der Waals surface area (Å²) in [5, 5.41) is 18.7. The molecule has 0 unspecified atom stereocenters. The molecule has 0 bridgehead atoms. The van der Waals surface area contributed by atoms with Crippen LogP contribution in [0.4, 0.5) is 0 Å². The van der Waals surface area contributed by atoms with E-state index in [0.717, 1.165) is 48.8 Å². The summed E-state index contributed by atoms with van der Waals surface area (Å²) in [4.78, 5) is 11.2. The molecule has 0 heterocycles. The average molecular weight is 501 g/mol. The number of rotatable bonds is 12. The highest BCUT2D eigenvalue weighted by molar-refractivity contribution is 5.73. The van der Waals surface area contributed by atoms with Crippen molar-refractivity contribution in [2.45, 2.75) is 85.5 Å². The fourth-order valence-corrected chi connectivity index (χ4v) is 5.65. The van der Waals surface area contributed by atoms with Crippen molar-refractivity contribution in [1.82, 2.24) is 0 Å². The van der Waals surface area contributed by atoms with Crippen LogP contribution >= 0.6 is 0 Å². The molecule has 0 spiro atoms. The molecule has 0 aliphatic heterocycles. The van der Waals surface area contributed by atoms with Crippen molar-refractivity contribution < 1.29 is 15.0 Å². The molecule has 0 saturated carbocycles. The van der Waals surface area contributed by atoms with E-state index in [1.54, 1.807) is 0 Å². The van der Waals surface area contributed by atoms with Gasteiger partial charge in [0.05, 0.1) is 6.42 Å². The fraction of sp³-hybridized carbons (Fsp3) is 0.441. The number of carboxylic acid groups (broad SMARTS) is 1. The molecule has 2 N–H and O–H groups in total. The lowest BCUT2D eigenvalue weighted by atomic mass is 9.69. The lowest BCUT2D eigenvalue weighted by molar-refractivity contribution is -0.136. The van der Waals surface area contributed by atoms with Crippen molar-refractivity contribution >= 4 is 5.97 Å². The molecule has 0 fully saturated rings. The molecule has 3 rings (SSSR count). The van der Waals surface area contributed by atoms with Gasteiger partial charge in [-0.2, -0.15) is 0 Å². The third kappa shape index (κ3) is 6.70. The first-order chi connectivity index (χ1) is 17.5. The minimum atomic E-state index is -0.810. The van der Waals surface area contributed by atoms with Gasteiger partial charge in [-0.1, -0.05) is 88.4 Å². The quantitative estimate of drug-likeness (QED) is 0.264. The Kier molecular flexibility index (Phi) is 9.36. The van der Waals surface area contributed by atoms with Gasteiger partial charge in [0.25, 0.3) is 0 Å². The highest BCUT2D eigenvalue weighted by Gasteiger charge is 2.31. The molecular weight excluding hydrogens is 456 g/mol. The number of benzene rings is 3. The number of hydrogen-bond donors (Lipinski definition) is 2. The van der Waals surface area contributed by atoms with Crippen LogP contribution in [0.15, 0.2) is 60.7 Å². The van der Waals surface area contributed by atoms with E-state index in [2.05, 4.69) is 84.0 Å². The number of carboxylic acids is 1. The maximum atomic E-state index is 11.2.